The van der Waals surface area contributed by atoms with Gasteiger partial charge in [0.05, 0.1) is 5.92 Å². The predicted molar refractivity (Wildman–Crippen MR) is 121 cm³/mol. The number of hydrogen-bond donors (Lipinski definition) is 2. The summed E-state index contributed by atoms with van der Waals surface area (Å²) >= 11 is 0.882. The smallest absolute Gasteiger partial charge is 0.286 e. The zero-order chi connectivity index (χ0) is 23.2. The molecule has 0 saturated carbocycles. The Morgan fingerprint density at radius 3 is 2.52 bits per heavy atom. The standard InChI is InChI=1S/C23H22FN5O3S/c24-17-8-10-18(11-9-17)26-20(31)21-27-28-22(33-21)23(32)29-12-4-7-16(14-29)19(30)25-13-15-5-2-1-3-6-15/h1-3,5-6,8-11,16H,4,7,12-14H2,(H,25,30)(H,26,31). The topological polar surface area (TPSA) is 104 Å². The molecule has 1 aliphatic heterocycles. The summed E-state index contributed by atoms with van der Waals surface area (Å²) in [5.74, 6) is -1.69. The van der Waals surface area contributed by atoms with Crippen LogP contribution in [0.15, 0.2) is 54.6 Å². The first-order valence-corrected chi connectivity index (χ1v) is 11.3. The number of carbonyl (C=O) groups excluding carboxylic acids is 3. The number of hydrogen-bond acceptors (Lipinski definition) is 6. The SMILES string of the molecule is O=C(Nc1ccc(F)cc1)c1nnc(C(=O)N2CCCC(C(=O)NCc3ccccc3)C2)s1. The van der Waals surface area contributed by atoms with E-state index in [2.05, 4.69) is 20.8 Å². The molecular formula is C23H22FN5O3S. The third kappa shape index (κ3) is 5.78. The lowest BCUT2D eigenvalue weighted by Gasteiger charge is -2.31. The van der Waals surface area contributed by atoms with Crippen LogP contribution >= 0.6 is 11.3 Å². The number of benzene rings is 2. The van der Waals surface area contributed by atoms with E-state index in [0.29, 0.717) is 31.6 Å². The van der Waals surface area contributed by atoms with Crippen LogP contribution in [0.25, 0.3) is 0 Å². The third-order valence-corrected chi connectivity index (χ3v) is 6.20. The molecule has 0 spiro atoms. The van der Waals surface area contributed by atoms with E-state index in [0.717, 1.165) is 16.9 Å². The molecule has 1 saturated heterocycles. The number of anilines is 1. The first-order chi connectivity index (χ1) is 16.0. The number of nitrogens with one attached hydrogen (secondary N) is 2. The van der Waals surface area contributed by atoms with Crippen molar-refractivity contribution in [2.75, 3.05) is 18.4 Å². The van der Waals surface area contributed by atoms with Gasteiger partial charge in [0.25, 0.3) is 11.8 Å². The molecule has 170 valence electrons. The summed E-state index contributed by atoms with van der Waals surface area (Å²) in [5.41, 5.74) is 1.42. The second-order valence-electron chi connectivity index (χ2n) is 7.67. The zero-order valence-corrected chi connectivity index (χ0v) is 18.5. The number of aromatic nitrogens is 2. The molecule has 0 aliphatic carbocycles. The van der Waals surface area contributed by atoms with E-state index in [4.69, 9.17) is 0 Å². The van der Waals surface area contributed by atoms with Gasteiger partial charge < -0.3 is 15.5 Å². The van der Waals surface area contributed by atoms with Crippen molar-refractivity contribution in [1.82, 2.24) is 20.4 Å². The van der Waals surface area contributed by atoms with Gasteiger partial charge in [-0.1, -0.05) is 41.7 Å². The molecule has 4 rings (SSSR count). The normalized spacial score (nSPS) is 15.7. The third-order valence-electron chi connectivity index (χ3n) is 5.29. The van der Waals surface area contributed by atoms with Crippen molar-refractivity contribution in [2.24, 2.45) is 5.92 Å². The highest BCUT2D eigenvalue weighted by molar-refractivity contribution is 7.15. The second kappa shape index (κ2) is 10.3. The Morgan fingerprint density at radius 2 is 1.76 bits per heavy atom. The second-order valence-corrected chi connectivity index (χ2v) is 8.64. The van der Waals surface area contributed by atoms with Crippen LogP contribution in [0, 0.1) is 11.7 Å². The molecule has 3 aromatic rings. The number of carbonyl (C=O) groups is 3. The summed E-state index contributed by atoms with van der Waals surface area (Å²) in [6.45, 7) is 1.24. The van der Waals surface area contributed by atoms with Gasteiger partial charge in [-0.25, -0.2) is 4.39 Å². The average Bonchev–Trinajstić information content (AvgIpc) is 3.35. The largest absolute Gasteiger partial charge is 0.352 e. The van der Waals surface area contributed by atoms with Crippen LogP contribution in [0.2, 0.25) is 0 Å². The molecule has 1 aliphatic rings. The number of rotatable bonds is 6. The quantitative estimate of drug-likeness (QED) is 0.580. The van der Waals surface area contributed by atoms with Crippen LogP contribution in [0.3, 0.4) is 0 Å². The molecule has 3 amide bonds. The number of likely N-dealkylation sites (tertiary alicyclic amines) is 1. The molecule has 0 radical (unpaired) electrons. The summed E-state index contributed by atoms with van der Waals surface area (Å²) in [4.78, 5) is 39.5. The van der Waals surface area contributed by atoms with E-state index in [-0.39, 0.29) is 34.3 Å². The van der Waals surface area contributed by atoms with Crippen LogP contribution in [0.5, 0.6) is 0 Å². The first kappa shape index (κ1) is 22.5. The van der Waals surface area contributed by atoms with Gasteiger partial charge >= 0.3 is 0 Å². The summed E-state index contributed by atoms with van der Waals surface area (Å²) in [7, 11) is 0. The summed E-state index contributed by atoms with van der Waals surface area (Å²) in [6, 6.07) is 14.9. The van der Waals surface area contributed by atoms with Gasteiger partial charge in [-0.2, -0.15) is 0 Å². The fraction of sp³-hybridized carbons (Fsp3) is 0.261. The van der Waals surface area contributed by atoms with Crippen molar-refractivity contribution in [3.8, 4) is 0 Å². The maximum Gasteiger partial charge on any atom is 0.286 e. The van der Waals surface area contributed by atoms with E-state index in [1.807, 2.05) is 30.3 Å². The fourth-order valence-corrected chi connectivity index (χ4v) is 4.27. The number of piperidine rings is 1. The lowest BCUT2D eigenvalue weighted by atomic mass is 9.97. The van der Waals surface area contributed by atoms with Crippen molar-refractivity contribution >= 4 is 34.7 Å². The van der Waals surface area contributed by atoms with Gasteiger partial charge in [-0.15, -0.1) is 10.2 Å². The zero-order valence-electron chi connectivity index (χ0n) is 17.7. The van der Waals surface area contributed by atoms with Crippen molar-refractivity contribution in [3.05, 3.63) is 76.0 Å². The Hall–Kier alpha value is -3.66. The maximum absolute atomic E-state index is 13.0. The molecule has 1 fully saturated rings. The van der Waals surface area contributed by atoms with Crippen molar-refractivity contribution in [1.29, 1.82) is 0 Å². The first-order valence-electron chi connectivity index (χ1n) is 10.5. The average molecular weight is 468 g/mol. The van der Waals surface area contributed by atoms with Gasteiger partial charge in [-0.3, -0.25) is 14.4 Å². The van der Waals surface area contributed by atoms with E-state index in [9.17, 15) is 18.8 Å². The fourth-order valence-electron chi connectivity index (χ4n) is 3.56. The Kier molecular flexibility index (Phi) is 7.04. The molecule has 1 atom stereocenters. The van der Waals surface area contributed by atoms with E-state index in [1.54, 1.807) is 4.90 Å². The predicted octanol–water partition coefficient (Wildman–Crippen LogP) is 3.10. The lowest BCUT2D eigenvalue weighted by molar-refractivity contribution is -0.126. The summed E-state index contributed by atoms with van der Waals surface area (Å²) in [5, 5.41) is 13.3. The van der Waals surface area contributed by atoms with E-state index in [1.165, 1.54) is 24.3 Å². The highest BCUT2D eigenvalue weighted by atomic mass is 32.1. The monoisotopic (exact) mass is 467 g/mol. The Labute approximate surface area is 193 Å². The van der Waals surface area contributed by atoms with Crippen LogP contribution in [0.1, 0.15) is 38.0 Å². The Balaban J connectivity index is 1.33. The van der Waals surface area contributed by atoms with Crippen molar-refractivity contribution in [2.45, 2.75) is 19.4 Å². The van der Waals surface area contributed by atoms with Gasteiger partial charge in [0.15, 0.2) is 0 Å². The summed E-state index contributed by atoms with van der Waals surface area (Å²) in [6.07, 6.45) is 1.40. The van der Waals surface area contributed by atoms with Gasteiger partial charge in [0.2, 0.25) is 15.9 Å². The van der Waals surface area contributed by atoms with Gasteiger partial charge in [-0.05, 0) is 42.7 Å². The van der Waals surface area contributed by atoms with E-state index >= 15 is 0 Å². The molecule has 2 N–H and O–H groups in total. The highest BCUT2D eigenvalue weighted by Crippen LogP contribution is 2.21. The number of amides is 3. The number of halogens is 1. The van der Waals surface area contributed by atoms with Crippen molar-refractivity contribution in [3.63, 3.8) is 0 Å². The van der Waals surface area contributed by atoms with Crippen LogP contribution < -0.4 is 10.6 Å². The number of nitrogens with zero attached hydrogens (tertiary/aromatic N) is 3. The minimum Gasteiger partial charge on any atom is -0.352 e. The molecule has 2 aromatic carbocycles. The minimum absolute atomic E-state index is 0.0249. The van der Waals surface area contributed by atoms with Crippen molar-refractivity contribution < 1.29 is 18.8 Å². The van der Waals surface area contributed by atoms with Crippen LogP contribution in [0.4, 0.5) is 10.1 Å². The summed E-state index contributed by atoms with van der Waals surface area (Å²) < 4.78 is 13.0. The van der Waals surface area contributed by atoms with Crippen LogP contribution in [-0.4, -0.2) is 45.9 Å². The molecule has 33 heavy (non-hydrogen) atoms. The minimum atomic E-state index is -0.532. The van der Waals surface area contributed by atoms with Crippen LogP contribution in [-0.2, 0) is 11.3 Å². The molecule has 1 aromatic heterocycles. The maximum atomic E-state index is 13.0. The lowest BCUT2D eigenvalue weighted by Crippen LogP contribution is -2.45. The van der Waals surface area contributed by atoms with Gasteiger partial charge in [0, 0.05) is 25.3 Å². The Bertz CT molecular complexity index is 1140. The molecule has 8 nitrogen and oxygen atoms in total. The van der Waals surface area contributed by atoms with Gasteiger partial charge in [0.1, 0.15) is 5.82 Å². The molecule has 10 heteroatoms. The molecular weight excluding hydrogens is 445 g/mol. The van der Waals surface area contributed by atoms with E-state index < -0.39 is 11.7 Å². The highest BCUT2D eigenvalue weighted by Gasteiger charge is 2.30. The Morgan fingerprint density at radius 1 is 1.03 bits per heavy atom. The molecule has 2 heterocycles. The molecule has 0 bridgehead atoms. The molecule has 1 unspecified atom stereocenters.